The van der Waals surface area contributed by atoms with E-state index in [-0.39, 0.29) is 11.7 Å². The van der Waals surface area contributed by atoms with Crippen LogP contribution < -0.4 is 0 Å². The fraction of sp³-hybridized carbons (Fsp3) is 0.333. The summed E-state index contributed by atoms with van der Waals surface area (Å²) in [5, 5.41) is 9.98. The second-order valence-electron chi connectivity index (χ2n) is 9.04. The number of Topliss-reactive ketones (excluding diaryl/α,β-unsaturated/α-hetero) is 1. The van der Waals surface area contributed by atoms with Crippen molar-refractivity contribution in [2.75, 3.05) is 0 Å². The molecular weight excluding hydrogens is 408 g/mol. The zero-order valence-electron chi connectivity index (χ0n) is 20.1. The molecule has 3 nitrogen and oxygen atoms in total. The summed E-state index contributed by atoms with van der Waals surface area (Å²) in [4.78, 5) is 25.6. The molecule has 3 aromatic rings. The van der Waals surface area contributed by atoms with E-state index in [1.54, 1.807) is 0 Å². The molecule has 0 fully saturated rings. The Morgan fingerprint density at radius 2 is 1.45 bits per heavy atom. The maximum Gasteiger partial charge on any atom is 0.311 e. The third-order valence-electron chi connectivity index (χ3n) is 6.68. The van der Waals surface area contributed by atoms with Crippen molar-refractivity contribution in [2.45, 2.75) is 59.3 Å². The minimum absolute atomic E-state index is 0.0934. The molecule has 0 aliphatic carbocycles. The van der Waals surface area contributed by atoms with Crippen molar-refractivity contribution in [1.29, 1.82) is 0 Å². The van der Waals surface area contributed by atoms with Crippen molar-refractivity contribution in [3.63, 3.8) is 0 Å². The largest absolute Gasteiger partial charge is 0.481 e. The summed E-state index contributed by atoms with van der Waals surface area (Å²) in [5.41, 5.74) is 6.81. The number of hydrogen-bond donors (Lipinski definition) is 1. The van der Waals surface area contributed by atoms with Crippen LogP contribution in [0.4, 0.5) is 0 Å². The molecule has 3 rings (SSSR count). The molecule has 172 valence electrons. The molecule has 0 aromatic heterocycles. The van der Waals surface area contributed by atoms with Gasteiger partial charge in [-0.05, 0) is 92.0 Å². The lowest BCUT2D eigenvalue weighted by molar-refractivity contribution is -0.139. The van der Waals surface area contributed by atoms with Gasteiger partial charge in [-0.1, -0.05) is 61.5 Å². The predicted molar refractivity (Wildman–Crippen MR) is 134 cm³/mol. The first-order chi connectivity index (χ1) is 15.8. The molecule has 2 unspecified atom stereocenters. The van der Waals surface area contributed by atoms with Gasteiger partial charge in [-0.25, -0.2) is 0 Å². The number of carboxylic acids is 1. The van der Waals surface area contributed by atoms with Crippen LogP contribution in [0.2, 0.25) is 0 Å². The SMILES string of the molecule is CCC(Cc1ccccc1C)C(=O)c1cc(C)c(C(CCc2ccccc2)C(=O)O)c(C)c1. The monoisotopic (exact) mass is 442 g/mol. The molecule has 33 heavy (non-hydrogen) atoms. The summed E-state index contributed by atoms with van der Waals surface area (Å²) < 4.78 is 0. The molecule has 0 bridgehead atoms. The smallest absolute Gasteiger partial charge is 0.311 e. The lowest BCUT2D eigenvalue weighted by atomic mass is 9.82. The average Bonchev–Trinajstić information content (AvgIpc) is 2.80. The highest BCUT2D eigenvalue weighted by molar-refractivity contribution is 5.98. The Labute approximate surface area is 197 Å². The lowest BCUT2D eigenvalue weighted by Gasteiger charge is -2.21. The fourth-order valence-corrected chi connectivity index (χ4v) is 4.78. The normalized spacial score (nSPS) is 12.8. The standard InChI is InChI=1S/C30H34O3/c1-5-24(19-25-14-10-9-11-20(25)2)29(31)26-17-21(3)28(22(4)18-26)27(30(32)33)16-15-23-12-7-6-8-13-23/h6-14,17-18,24,27H,5,15-16,19H2,1-4H3,(H,32,33). The van der Waals surface area contributed by atoms with Crippen molar-refractivity contribution >= 4 is 11.8 Å². The average molecular weight is 443 g/mol. The summed E-state index contributed by atoms with van der Waals surface area (Å²) >= 11 is 0. The summed E-state index contributed by atoms with van der Waals surface area (Å²) in [7, 11) is 0. The number of ketones is 1. The Bertz CT molecular complexity index is 1090. The molecule has 1 N–H and O–H groups in total. The van der Waals surface area contributed by atoms with Crippen molar-refractivity contribution in [3.8, 4) is 0 Å². The number of carbonyl (C=O) groups excluding carboxylic acids is 1. The number of rotatable bonds is 10. The first-order valence-corrected chi connectivity index (χ1v) is 11.8. The van der Waals surface area contributed by atoms with Gasteiger partial charge >= 0.3 is 5.97 Å². The minimum Gasteiger partial charge on any atom is -0.481 e. The van der Waals surface area contributed by atoms with Crippen molar-refractivity contribution in [2.24, 2.45) is 5.92 Å². The van der Waals surface area contributed by atoms with Gasteiger partial charge in [0.15, 0.2) is 5.78 Å². The van der Waals surface area contributed by atoms with Crippen LogP contribution in [0.1, 0.15) is 69.4 Å². The highest BCUT2D eigenvalue weighted by Crippen LogP contribution is 2.31. The van der Waals surface area contributed by atoms with Gasteiger partial charge in [-0.2, -0.15) is 0 Å². The zero-order valence-corrected chi connectivity index (χ0v) is 20.1. The highest BCUT2D eigenvalue weighted by Gasteiger charge is 2.26. The molecule has 0 radical (unpaired) electrons. The highest BCUT2D eigenvalue weighted by atomic mass is 16.4. The molecular formula is C30H34O3. The van der Waals surface area contributed by atoms with E-state index < -0.39 is 11.9 Å². The van der Waals surface area contributed by atoms with E-state index in [1.807, 2.05) is 68.4 Å². The minimum atomic E-state index is -0.817. The third-order valence-corrected chi connectivity index (χ3v) is 6.68. The third kappa shape index (κ3) is 5.98. The number of aryl methyl sites for hydroxylation is 4. The molecule has 0 aliphatic rings. The first kappa shape index (κ1) is 24.4. The summed E-state index contributed by atoms with van der Waals surface area (Å²) in [5.74, 6) is -1.37. The van der Waals surface area contributed by atoms with Crippen LogP contribution in [0.3, 0.4) is 0 Å². The van der Waals surface area contributed by atoms with Crippen molar-refractivity contribution < 1.29 is 14.7 Å². The predicted octanol–water partition coefficient (Wildman–Crippen LogP) is 6.86. The van der Waals surface area contributed by atoms with E-state index in [4.69, 9.17) is 0 Å². The van der Waals surface area contributed by atoms with Gasteiger partial charge < -0.3 is 5.11 Å². The summed E-state index contributed by atoms with van der Waals surface area (Å²) in [6.45, 7) is 8.00. The molecule has 0 spiro atoms. The second kappa shape index (κ2) is 11.1. The van der Waals surface area contributed by atoms with E-state index in [9.17, 15) is 14.7 Å². The van der Waals surface area contributed by atoms with Gasteiger partial charge in [0.05, 0.1) is 5.92 Å². The van der Waals surface area contributed by atoms with E-state index in [0.717, 1.165) is 35.1 Å². The van der Waals surface area contributed by atoms with Crippen LogP contribution in [0.5, 0.6) is 0 Å². The molecule has 0 heterocycles. The van der Waals surface area contributed by atoms with E-state index in [1.165, 1.54) is 11.1 Å². The molecule has 3 heteroatoms. The number of carbonyl (C=O) groups is 2. The molecule has 0 amide bonds. The number of aliphatic carboxylic acids is 1. The lowest BCUT2D eigenvalue weighted by Crippen LogP contribution is -2.19. The van der Waals surface area contributed by atoms with Gasteiger partial charge in [-0.15, -0.1) is 0 Å². The fourth-order valence-electron chi connectivity index (χ4n) is 4.78. The van der Waals surface area contributed by atoms with E-state index in [0.29, 0.717) is 18.4 Å². The maximum atomic E-state index is 13.4. The van der Waals surface area contributed by atoms with E-state index >= 15 is 0 Å². The molecule has 2 atom stereocenters. The van der Waals surface area contributed by atoms with Crippen LogP contribution in [-0.2, 0) is 17.6 Å². The Morgan fingerprint density at radius 3 is 2.03 bits per heavy atom. The maximum absolute atomic E-state index is 13.4. The molecule has 0 saturated heterocycles. The molecule has 0 aliphatic heterocycles. The van der Waals surface area contributed by atoms with Crippen LogP contribution >= 0.6 is 0 Å². The topological polar surface area (TPSA) is 54.4 Å². The van der Waals surface area contributed by atoms with Gasteiger partial charge in [0, 0.05) is 11.5 Å². The molecule has 0 saturated carbocycles. The molecule has 3 aromatic carbocycles. The van der Waals surface area contributed by atoms with Crippen molar-refractivity contribution in [3.05, 3.63) is 106 Å². The number of carboxylic acid groups (broad SMARTS) is 1. The Morgan fingerprint density at radius 1 is 0.848 bits per heavy atom. The number of hydrogen-bond acceptors (Lipinski definition) is 2. The summed E-state index contributed by atoms with van der Waals surface area (Å²) in [6.07, 6.45) is 2.71. The van der Waals surface area contributed by atoms with Crippen LogP contribution in [0, 0.1) is 26.7 Å². The van der Waals surface area contributed by atoms with Crippen LogP contribution in [0.25, 0.3) is 0 Å². The van der Waals surface area contributed by atoms with Gasteiger partial charge in [0.25, 0.3) is 0 Å². The Kier molecular flexibility index (Phi) is 8.21. The summed E-state index contributed by atoms with van der Waals surface area (Å²) in [6, 6.07) is 22.0. The van der Waals surface area contributed by atoms with E-state index in [2.05, 4.69) is 26.0 Å². The van der Waals surface area contributed by atoms with Gasteiger partial charge in [-0.3, -0.25) is 9.59 Å². The second-order valence-corrected chi connectivity index (χ2v) is 9.04. The van der Waals surface area contributed by atoms with Gasteiger partial charge in [0.2, 0.25) is 0 Å². The quantitative estimate of drug-likeness (QED) is 0.349. The first-order valence-electron chi connectivity index (χ1n) is 11.8. The van der Waals surface area contributed by atoms with Crippen LogP contribution in [0.15, 0.2) is 66.7 Å². The number of benzene rings is 3. The Balaban J connectivity index is 1.84. The zero-order chi connectivity index (χ0) is 24.0. The van der Waals surface area contributed by atoms with Gasteiger partial charge in [0.1, 0.15) is 0 Å². The van der Waals surface area contributed by atoms with Crippen molar-refractivity contribution in [1.82, 2.24) is 0 Å². The Hall–Kier alpha value is -3.20. The van der Waals surface area contributed by atoms with Crippen LogP contribution in [-0.4, -0.2) is 16.9 Å².